The molecule has 1 aromatic carbocycles. The van der Waals surface area contributed by atoms with Gasteiger partial charge in [0.1, 0.15) is 6.61 Å². The second-order valence-corrected chi connectivity index (χ2v) is 5.19. The summed E-state index contributed by atoms with van der Waals surface area (Å²) in [4.78, 5) is 12.2. The molecule has 1 saturated carbocycles. The second-order valence-electron chi connectivity index (χ2n) is 5.19. The Hall–Kier alpha value is -2.35. The normalized spacial score (nSPS) is 13.1. The molecule has 1 fully saturated rings. The summed E-state index contributed by atoms with van der Waals surface area (Å²) in [5, 5.41) is 2.91. The van der Waals surface area contributed by atoms with Crippen molar-refractivity contribution in [3.05, 3.63) is 17.7 Å². The molecule has 1 aliphatic carbocycles. The van der Waals surface area contributed by atoms with E-state index in [1.165, 1.54) is 27.1 Å². The van der Waals surface area contributed by atoms with E-state index in [1.54, 1.807) is 12.1 Å². The Morgan fingerprint density at radius 3 is 2.45 bits per heavy atom. The molecule has 0 aliphatic heterocycles. The predicted molar refractivity (Wildman–Crippen MR) is 83.5 cm³/mol. The minimum absolute atomic E-state index is 0.0969. The maximum Gasteiger partial charge on any atom is 0.251 e. The standard InChI is InChI=1S/C17H21NO4/c1-4-9-22-16-14(20-2)10-13(11-15(16)21-3)17(19)18-8-7-12-5-6-12/h1,10-12H,5-9H2,2-3H3,(H,18,19). The summed E-state index contributed by atoms with van der Waals surface area (Å²) < 4.78 is 16.0. The minimum Gasteiger partial charge on any atom is -0.493 e. The highest BCUT2D eigenvalue weighted by molar-refractivity contribution is 5.95. The van der Waals surface area contributed by atoms with E-state index in [4.69, 9.17) is 20.6 Å². The van der Waals surface area contributed by atoms with Crippen molar-refractivity contribution in [2.45, 2.75) is 19.3 Å². The van der Waals surface area contributed by atoms with Crippen LogP contribution in [0.4, 0.5) is 0 Å². The zero-order valence-corrected chi connectivity index (χ0v) is 13.0. The van der Waals surface area contributed by atoms with Crippen molar-refractivity contribution in [1.29, 1.82) is 0 Å². The Morgan fingerprint density at radius 1 is 1.32 bits per heavy atom. The molecule has 0 atom stereocenters. The summed E-state index contributed by atoms with van der Waals surface area (Å²) in [6.07, 6.45) is 8.79. The summed E-state index contributed by atoms with van der Waals surface area (Å²) in [6, 6.07) is 3.25. The molecule has 22 heavy (non-hydrogen) atoms. The molecule has 5 nitrogen and oxygen atoms in total. The molecule has 2 rings (SSSR count). The van der Waals surface area contributed by atoms with Crippen LogP contribution in [0.15, 0.2) is 12.1 Å². The van der Waals surface area contributed by atoms with Crippen LogP contribution in [0, 0.1) is 18.3 Å². The van der Waals surface area contributed by atoms with Gasteiger partial charge in [0.25, 0.3) is 5.91 Å². The average molecular weight is 303 g/mol. The third kappa shape index (κ3) is 4.08. The van der Waals surface area contributed by atoms with Gasteiger partial charge in [0.05, 0.1) is 14.2 Å². The van der Waals surface area contributed by atoms with Crippen molar-refractivity contribution in [1.82, 2.24) is 5.32 Å². The first kappa shape index (κ1) is 16.0. The van der Waals surface area contributed by atoms with Gasteiger partial charge < -0.3 is 19.5 Å². The summed E-state index contributed by atoms with van der Waals surface area (Å²) in [6.45, 7) is 0.781. The Labute approximate surface area is 130 Å². The molecule has 118 valence electrons. The third-order valence-corrected chi connectivity index (χ3v) is 3.56. The number of nitrogens with one attached hydrogen (secondary N) is 1. The van der Waals surface area contributed by atoms with Gasteiger partial charge in [-0.05, 0) is 24.5 Å². The van der Waals surface area contributed by atoms with Gasteiger partial charge >= 0.3 is 0 Å². The maximum atomic E-state index is 12.2. The Morgan fingerprint density at radius 2 is 1.95 bits per heavy atom. The zero-order chi connectivity index (χ0) is 15.9. The number of hydrogen-bond acceptors (Lipinski definition) is 4. The first-order valence-corrected chi connectivity index (χ1v) is 7.30. The summed E-state index contributed by atoms with van der Waals surface area (Å²) >= 11 is 0. The lowest BCUT2D eigenvalue weighted by Gasteiger charge is -2.15. The number of rotatable bonds is 8. The molecular formula is C17H21NO4. The number of ether oxygens (including phenoxy) is 3. The Kier molecular flexibility index (Phi) is 5.54. The topological polar surface area (TPSA) is 56.8 Å². The quantitative estimate of drug-likeness (QED) is 0.748. The Bertz CT molecular complexity index is 548. The molecule has 0 unspecified atom stereocenters. The van der Waals surface area contributed by atoms with Gasteiger partial charge in [-0.15, -0.1) is 6.42 Å². The van der Waals surface area contributed by atoms with Gasteiger partial charge in [0.2, 0.25) is 5.75 Å². The predicted octanol–water partition coefficient (Wildman–Crippen LogP) is 2.25. The SMILES string of the molecule is C#CCOc1c(OC)cc(C(=O)NCCC2CC2)cc1OC. The number of amides is 1. The number of hydrogen-bond donors (Lipinski definition) is 1. The smallest absolute Gasteiger partial charge is 0.251 e. The summed E-state index contributed by atoms with van der Waals surface area (Å²) in [7, 11) is 3.01. The molecule has 0 bridgehead atoms. The van der Waals surface area contributed by atoms with Crippen LogP contribution in [-0.4, -0.2) is 33.3 Å². The molecule has 0 radical (unpaired) electrons. The van der Waals surface area contributed by atoms with Crippen LogP contribution in [-0.2, 0) is 0 Å². The fourth-order valence-corrected chi connectivity index (χ4v) is 2.17. The highest BCUT2D eigenvalue weighted by atomic mass is 16.5. The lowest BCUT2D eigenvalue weighted by Crippen LogP contribution is -2.24. The van der Waals surface area contributed by atoms with Crippen molar-refractivity contribution < 1.29 is 19.0 Å². The van der Waals surface area contributed by atoms with Crippen LogP contribution in [0.3, 0.4) is 0 Å². The number of terminal acetylenes is 1. The van der Waals surface area contributed by atoms with E-state index in [2.05, 4.69) is 11.2 Å². The van der Waals surface area contributed by atoms with Crippen LogP contribution in [0.1, 0.15) is 29.6 Å². The fourth-order valence-electron chi connectivity index (χ4n) is 2.17. The van der Waals surface area contributed by atoms with Crippen LogP contribution in [0.2, 0.25) is 0 Å². The first-order chi connectivity index (χ1) is 10.7. The lowest BCUT2D eigenvalue weighted by molar-refractivity contribution is 0.0952. The number of methoxy groups -OCH3 is 2. The molecule has 1 aliphatic rings. The molecule has 0 heterocycles. The van der Waals surface area contributed by atoms with Gasteiger partial charge in [-0.25, -0.2) is 0 Å². The van der Waals surface area contributed by atoms with E-state index in [0.29, 0.717) is 29.4 Å². The number of benzene rings is 1. The number of carbonyl (C=O) groups is 1. The van der Waals surface area contributed by atoms with E-state index >= 15 is 0 Å². The fraction of sp³-hybridized carbons (Fsp3) is 0.471. The van der Waals surface area contributed by atoms with Gasteiger partial charge in [0.15, 0.2) is 11.5 Å². The summed E-state index contributed by atoms with van der Waals surface area (Å²) in [5.74, 6) is 4.25. The van der Waals surface area contributed by atoms with Crippen molar-refractivity contribution >= 4 is 5.91 Å². The van der Waals surface area contributed by atoms with Crippen LogP contribution in [0.25, 0.3) is 0 Å². The minimum atomic E-state index is -0.152. The van der Waals surface area contributed by atoms with Crippen LogP contribution >= 0.6 is 0 Å². The first-order valence-electron chi connectivity index (χ1n) is 7.30. The van der Waals surface area contributed by atoms with Gasteiger partial charge in [-0.2, -0.15) is 0 Å². The van der Waals surface area contributed by atoms with Crippen molar-refractivity contribution in [3.63, 3.8) is 0 Å². The van der Waals surface area contributed by atoms with Gasteiger partial charge in [0, 0.05) is 12.1 Å². The molecule has 0 saturated heterocycles. The highest BCUT2D eigenvalue weighted by Crippen LogP contribution is 2.38. The third-order valence-electron chi connectivity index (χ3n) is 3.56. The number of carbonyl (C=O) groups excluding carboxylic acids is 1. The monoisotopic (exact) mass is 303 g/mol. The molecule has 1 N–H and O–H groups in total. The van der Waals surface area contributed by atoms with E-state index in [-0.39, 0.29) is 12.5 Å². The molecular weight excluding hydrogens is 282 g/mol. The second kappa shape index (κ2) is 7.60. The van der Waals surface area contributed by atoms with Crippen molar-refractivity contribution in [2.24, 2.45) is 5.92 Å². The highest BCUT2D eigenvalue weighted by Gasteiger charge is 2.21. The molecule has 1 aromatic rings. The van der Waals surface area contributed by atoms with Gasteiger partial charge in [-0.1, -0.05) is 18.8 Å². The van der Waals surface area contributed by atoms with Crippen LogP contribution < -0.4 is 19.5 Å². The molecule has 5 heteroatoms. The molecule has 1 amide bonds. The van der Waals surface area contributed by atoms with Crippen molar-refractivity contribution in [3.8, 4) is 29.6 Å². The van der Waals surface area contributed by atoms with Gasteiger partial charge in [-0.3, -0.25) is 4.79 Å². The largest absolute Gasteiger partial charge is 0.493 e. The van der Waals surface area contributed by atoms with Crippen LogP contribution in [0.5, 0.6) is 17.2 Å². The maximum absolute atomic E-state index is 12.2. The van der Waals surface area contributed by atoms with E-state index < -0.39 is 0 Å². The van der Waals surface area contributed by atoms with E-state index in [0.717, 1.165) is 12.3 Å². The average Bonchev–Trinajstić information content (AvgIpc) is 3.36. The Balaban J connectivity index is 2.12. The summed E-state index contributed by atoms with van der Waals surface area (Å²) in [5.41, 5.74) is 0.470. The zero-order valence-electron chi connectivity index (χ0n) is 13.0. The van der Waals surface area contributed by atoms with Crippen molar-refractivity contribution in [2.75, 3.05) is 27.4 Å². The van der Waals surface area contributed by atoms with E-state index in [9.17, 15) is 4.79 Å². The molecule has 0 spiro atoms. The van der Waals surface area contributed by atoms with E-state index in [1.807, 2.05) is 0 Å². The lowest BCUT2D eigenvalue weighted by atomic mass is 10.1. The molecule has 0 aromatic heterocycles.